The lowest BCUT2D eigenvalue weighted by molar-refractivity contribution is 0.476. The number of hydrogen-bond acceptors (Lipinski definition) is 2. The van der Waals surface area contributed by atoms with Crippen LogP contribution in [0.1, 0.15) is 5.56 Å². The quantitative estimate of drug-likeness (QED) is 0.903. The lowest BCUT2D eigenvalue weighted by atomic mass is 10.2. The van der Waals surface area contributed by atoms with Gasteiger partial charge in [0.15, 0.2) is 0 Å². The predicted molar refractivity (Wildman–Crippen MR) is 70.9 cm³/mol. The second kappa shape index (κ2) is 5.41. The average Bonchev–Trinajstić information content (AvgIpc) is 2.34. The number of nitrogens with two attached hydrogens (primary N) is 1. The molecule has 0 heterocycles. The number of para-hydroxylation sites is 1. The molecule has 0 radical (unpaired) electrons. The molecule has 0 amide bonds. The summed E-state index contributed by atoms with van der Waals surface area (Å²) in [6, 6.07) is 12.6. The van der Waals surface area contributed by atoms with E-state index in [4.69, 9.17) is 33.7 Å². The first kappa shape index (κ1) is 12.2. The number of ether oxygens (including phenoxy) is 1. The smallest absolute Gasteiger partial charge is 0.147 e. The first-order valence-electron chi connectivity index (χ1n) is 5.11. The van der Waals surface area contributed by atoms with Crippen LogP contribution in [0.5, 0.6) is 11.5 Å². The zero-order chi connectivity index (χ0) is 12.3. The molecular weight excluding hydrogens is 257 g/mol. The van der Waals surface area contributed by atoms with Crippen molar-refractivity contribution in [2.45, 2.75) is 6.54 Å². The van der Waals surface area contributed by atoms with E-state index in [1.165, 1.54) is 0 Å². The maximum atomic E-state index is 6.03. The topological polar surface area (TPSA) is 35.2 Å². The Bertz CT molecular complexity index is 529. The molecule has 2 aromatic carbocycles. The Morgan fingerprint density at radius 3 is 2.53 bits per heavy atom. The monoisotopic (exact) mass is 267 g/mol. The number of hydrogen-bond donors (Lipinski definition) is 1. The van der Waals surface area contributed by atoms with E-state index >= 15 is 0 Å². The molecule has 0 aliphatic rings. The fourth-order valence-electron chi connectivity index (χ4n) is 1.45. The lowest BCUT2D eigenvalue weighted by Crippen LogP contribution is -1.99. The van der Waals surface area contributed by atoms with Crippen LogP contribution in [-0.2, 0) is 6.54 Å². The highest BCUT2D eigenvalue weighted by atomic mass is 35.5. The molecule has 0 aliphatic carbocycles. The number of rotatable bonds is 3. The van der Waals surface area contributed by atoms with Crippen LogP contribution in [0.15, 0.2) is 42.5 Å². The largest absolute Gasteiger partial charge is 0.455 e. The van der Waals surface area contributed by atoms with Crippen LogP contribution in [0.4, 0.5) is 0 Å². The summed E-state index contributed by atoms with van der Waals surface area (Å²) < 4.78 is 5.72. The van der Waals surface area contributed by atoms with Crippen LogP contribution < -0.4 is 10.5 Å². The predicted octanol–water partition coefficient (Wildman–Crippen LogP) is 4.24. The van der Waals surface area contributed by atoms with Gasteiger partial charge < -0.3 is 10.5 Å². The van der Waals surface area contributed by atoms with Crippen LogP contribution >= 0.6 is 23.2 Å². The SMILES string of the molecule is NCc1ccccc1Oc1cc(Cl)ccc1Cl. The van der Waals surface area contributed by atoms with Crippen LogP contribution in [0.25, 0.3) is 0 Å². The van der Waals surface area contributed by atoms with Crippen molar-refractivity contribution in [1.82, 2.24) is 0 Å². The Balaban J connectivity index is 2.34. The van der Waals surface area contributed by atoms with E-state index in [1.807, 2.05) is 24.3 Å². The van der Waals surface area contributed by atoms with Gasteiger partial charge in [0.2, 0.25) is 0 Å². The van der Waals surface area contributed by atoms with Gasteiger partial charge in [-0.15, -0.1) is 0 Å². The minimum atomic E-state index is 0.411. The molecule has 0 bridgehead atoms. The third kappa shape index (κ3) is 2.91. The molecule has 0 saturated heterocycles. The number of halogens is 2. The molecule has 2 nitrogen and oxygen atoms in total. The zero-order valence-electron chi connectivity index (χ0n) is 8.99. The molecule has 0 fully saturated rings. The molecule has 0 aliphatic heterocycles. The van der Waals surface area contributed by atoms with Crippen molar-refractivity contribution < 1.29 is 4.74 Å². The molecule has 2 rings (SSSR count). The van der Waals surface area contributed by atoms with Crippen molar-refractivity contribution in [3.05, 3.63) is 58.1 Å². The minimum Gasteiger partial charge on any atom is -0.455 e. The normalized spacial score (nSPS) is 10.3. The van der Waals surface area contributed by atoms with Crippen LogP contribution in [-0.4, -0.2) is 0 Å². The summed E-state index contributed by atoms with van der Waals surface area (Å²) in [6.07, 6.45) is 0. The van der Waals surface area contributed by atoms with E-state index in [-0.39, 0.29) is 0 Å². The van der Waals surface area contributed by atoms with Crippen molar-refractivity contribution in [3.8, 4) is 11.5 Å². The molecule has 17 heavy (non-hydrogen) atoms. The molecule has 2 N–H and O–H groups in total. The summed E-state index contributed by atoms with van der Waals surface area (Å²) in [5.41, 5.74) is 6.55. The summed E-state index contributed by atoms with van der Waals surface area (Å²) >= 11 is 11.9. The summed E-state index contributed by atoms with van der Waals surface area (Å²) in [7, 11) is 0. The molecule has 0 saturated carbocycles. The van der Waals surface area contributed by atoms with Gasteiger partial charge in [-0.2, -0.15) is 0 Å². The van der Waals surface area contributed by atoms with Gasteiger partial charge in [-0.3, -0.25) is 0 Å². The summed E-state index contributed by atoms with van der Waals surface area (Å²) in [4.78, 5) is 0. The Labute approximate surface area is 110 Å². The molecule has 4 heteroatoms. The number of benzene rings is 2. The van der Waals surface area contributed by atoms with Crippen molar-refractivity contribution in [2.24, 2.45) is 5.73 Å². The average molecular weight is 268 g/mol. The lowest BCUT2D eigenvalue weighted by Gasteiger charge is -2.11. The zero-order valence-corrected chi connectivity index (χ0v) is 10.5. The van der Waals surface area contributed by atoms with Crippen molar-refractivity contribution in [1.29, 1.82) is 0 Å². The first-order valence-corrected chi connectivity index (χ1v) is 5.87. The van der Waals surface area contributed by atoms with Gasteiger partial charge in [0.05, 0.1) is 5.02 Å². The van der Waals surface area contributed by atoms with Gasteiger partial charge in [0.25, 0.3) is 0 Å². The molecule has 2 aromatic rings. The van der Waals surface area contributed by atoms with Gasteiger partial charge >= 0.3 is 0 Å². The molecule has 0 aromatic heterocycles. The van der Waals surface area contributed by atoms with E-state index in [9.17, 15) is 0 Å². The van der Waals surface area contributed by atoms with Crippen LogP contribution in [0.3, 0.4) is 0 Å². The summed E-state index contributed by atoms with van der Waals surface area (Å²) in [6.45, 7) is 0.411. The highest BCUT2D eigenvalue weighted by molar-refractivity contribution is 6.34. The molecule has 0 atom stereocenters. The molecule has 88 valence electrons. The van der Waals surface area contributed by atoms with Crippen LogP contribution in [0.2, 0.25) is 10.0 Å². The molecule has 0 spiro atoms. The Kier molecular flexibility index (Phi) is 3.89. The highest BCUT2D eigenvalue weighted by Crippen LogP contribution is 2.33. The molecule has 0 unspecified atom stereocenters. The Hall–Kier alpha value is -1.22. The maximum absolute atomic E-state index is 6.03. The molecular formula is C13H11Cl2NO. The van der Waals surface area contributed by atoms with E-state index in [0.717, 1.165) is 5.56 Å². The van der Waals surface area contributed by atoms with Gasteiger partial charge in [0, 0.05) is 23.2 Å². The fraction of sp³-hybridized carbons (Fsp3) is 0.0769. The second-order valence-corrected chi connectivity index (χ2v) is 4.33. The summed E-state index contributed by atoms with van der Waals surface area (Å²) in [5.74, 6) is 1.22. The first-order chi connectivity index (χ1) is 8.20. The van der Waals surface area contributed by atoms with Gasteiger partial charge in [-0.25, -0.2) is 0 Å². The summed E-state index contributed by atoms with van der Waals surface area (Å²) in [5, 5.41) is 1.09. The minimum absolute atomic E-state index is 0.411. The van der Waals surface area contributed by atoms with E-state index < -0.39 is 0 Å². The third-order valence-corrected chi connectivity index (χ3v) is 2.85. The van der Waals surface area contributed by atoms with E-state index in [0.29, 0.717) is 28.1 Å². The second-order valence-electron chi connectivity index (χ2n) is 3.49. The fourth-order valence-corrected chi connectivity index (χ4v) is 1.76. The third-order valence-electron chi connectivity index (χ3n) is 2.31. The standard InChI is InChI=1S/C13H11Cl2NO/c14-10-5-6-11(15)13(7-10)17-12-4-2-1-3-9(12)8-16/h1-7H,8,16H2. The van der Waals surface area contributed by atoms with Gasteiger partial charge in [-0.05, 0) is 18.2 Å². The van der Waals surface area contributed by atoms with Gasteiger partial charge in [0.1, 0.15) is 11.5 Å². The van der Waals surface area contributed by atoms with E-state index in [1.54, 1.807) is 18.2 Å². The van der Waals surface area contributed by atoms with Crippen molar-refractivity contribution in [2.75, 3.05) is 0 Å². The maximum Gasteiger partial charge on any atom is 0.147 e. The highest BCUT2D eigenvalue weighted by Gasteiger charge is 2.06. The van der Waals surface area contributed by atoms with Gasteiger partial charge in [-0.1, -0.05) is 41.4 Å². The van der Waals surface area contributed by atoms with Crippen molar-refractivity contribution in [3.63, 3.8) is 0 Å². The van der Waals surface area contributed by atoms with Crippen molar-refractivity contribution >= 4 is 23.2 Å². The Morgan fingerprint density at radius 2 is 1.76 bits per heavy atom. The Morgan fingerprint density at radius 1 is 1.00 bits per heavy atom. The van der Waals surface area contributed by atoms with Crippen LogP contribution in [0, 0.1) is 0 Å². The van der Waals surface area contributed by atoms with E-state index in [2.05, 4.69) is 0 Å².